The Hall–Kier alpha value is -1.32. The Bertz CT molecular complexity index is 554. The van der Waals surface area contributed by atoms with Crippen molar-refractivity contribution in [1.82, 2.24) is 0 Å². The lowest BCUT2D eigenvalue weighted by Crippen LogP contribution is -2.36. The van der Waals surface area contributed by atoms with Crippen molar-refractivity contribution in [2.45, 2.75) is 91.6 Å². The van der Waals surface area contributed by atoms with Crippen molar-refractivity contribution < 1.29 is 19.4 Å². The third kappa shape index (κ3) is 3.50. The van der Waals surface area contributed by atoms with Crippen LogP contribution in [0.15, 0.2) is 11.1 Å². The van der Waals surface area contributed by atoms with Gasteiger partial charge in [0.05, 0.1) is 11.1 Å². The standard InChI is InChI=1S/C21H34O4/c1-6-9-10-13-21(7-2,8-3)25-19(24)17-15-12-11-14(20(15,4)5)16(17)18(22)23/h14-15H,6-13H2,1-5H3,(H,22,23). The number of ether oxygens (including phenoxy) is 1. The van der Waals surface area contributed by atoms with Gasteiger partial charge in [-0.2, -0.15) is 0 Å². The van der Waals surface area contributed by atoms with Crippen molar-refractivity contribution >= 4 is 11.9 Å². The summed E-state index contributed by atoms with van der Waals surface area (Å²) in [5.41, 5.74) is 0.150. The number of hydrogen-bond acceptors (Lipinski definition) is 3. The number of carboxylic acids is 1. The minimum Gasteiger partial charge on any atom is -0.478 e. The van der Waals surface area contributed by atoms with Crippen LogP contribution < -0.4 is 0 Å². The molecule has 0 amide bonds. The molecule has 2 aliphatic carbocycles. The van der Waals surface area contributed by atoms with Gasteiger partial charge in [-0.1, -0.05) is 47.5 Å². The number of aliphatic carboxylic acids is 1. The van der Waals surface area contributed by atoms with Gasteiger partial charge in [0.2, 0.25) is 0 Å². The van der Waals surface area contributed by atoms with Crippen LogP contribution in [0.3, 0.4) is 0 Å². The van der Waals surface area contributed by atoms with Crippen LogP contribution >= 0.6 is 0 Å². The summed E-state index contributed by atoms with van der Waals surface area (Å²) < 4.78 is 6.03. The lowest BCUT2D eigenvalue weighted by Gasteiger charge is -2.33. The summed E-state index contributed by atoms with van der Waals surface area (Å²) in [4.78, 5) is 24.9. The molecular weight excluding hydrogens is 316 g/mol. The van der Waals surface area contributed by atoms with Crippen molar-refractivity contribution in [2.24, 2.45) is 17.3 Å². The second-order valence-electron chi connectivity index (χ2n) is 8.37. The van der Waals surface area contributed by atoms with Crippen LogP contribution in [-0.2, 0) is 14.3 Å². The van der Waals surface area contributed by atoms with Crippen LogP contribution in [0, 0.1) is 17.3 Å². The molecule has 1 fully saturated rings. The molecule has 1 saturated carbocycles. The highest BCUT2D eigenvalue weighted by atomic mass is 16.6. The van der Waals surface area contributed by atoms with E-state index in [2.05, 4.69) is 34.6 Å². The molecule has 0 aromatic heterocycles. The van der Waals surface area contributed by atoms with E-state index in [1.54, 1.807) is 0 Å². The van der Waals surface area contributed by atoms with E-state index in [0.29, 0.717) is 11.1 Å². The van der Waals surface area contributed by atoms with E-state index in [-0.39, 0.29) is 23.2 Å². The van der Waals surface area contributed by atoms with Crippen LogP contribution in [0.4, 0.5) is 0 Å². The van der Waals surface area contributed by atoms with Gasteiger partial charge >= 0.3 is 11.9 Å². The molecular formula is C21H34O4. The Morgan fingerprint density at radius 1 is 1.08 bits per heavy atom. The van der Waals surface area contributed by atoms with Gasteiger partial charge in [0, 0.05) is 0 Å². The molecule has 2 bridgehead atoms. The summed E-state index contributed by atoms with van der Waals surface area (Å²) in [6, 6.07) is 0. The zero-order valence-corrected chi connectivity index (χ0v) is 16.5. The number of carbonyl (C=O) groups excluding carboxylic acids is 1. The Morgan fingerprint density at radius 3 is 2.12 bits per heavy atom. The highest BCUT2D eigenvalue weighted by Crippen LogP contribution is 2.60. The van der Waals surface area contributed by atoms with Crippen LogP contribution in [-0.4, -0.2) is 22.6 Å². The van der Waals surface area contributed by atoms with E-state index in [1.165, 1.54) is 0 Å². The number of esters is 1. The molecule has 2 rings (SSSR count). The molecule has 2 aliphatic rings. The first kappa shape index (κ1) is 20.0. The Kier molecular flexibility index (Phi) is 6.01. The molecule has 0 aromatic carbocycles. The lowest BCUT2D eigenvalue weighted by molar-refractivity contribution is -0.158. The van der Waals surface area contributed by atoms with Crippen molar-refractivity contribution in [2.75, 3.05) is 0 Å². The molecule has 2 atom stereocenters. The quantitative estimate of drug-likeness (QED) is 0.463. The fourth-order valence-corrected chi connectivity index (χ4v) is 4.99. The molecule has 142 valence electrons. The number of fused-ring (bicyclic) bond motifs is 2. The minimum atomic E-state index is -0.947. The fourth-order valence-electron chi connectivity index (χ4n) is 4.99. The number of unbranched alkanes of at least 4 members (excludes halogenated alkanes) is 2. The van der Waals surface area contributed by atoms with E-state index in [1.807, 2.05) is 0 Å². The molecule has 0 saturated heterocycles. The van der Waals surface area contributed by atoms with Gasteiger partial charge in [-0.15, -0.1) is 0 Å². The van der Waals surface area contributed by atoms with E-state index < -0.39 is 11.6 Å². The molecule has 0 spiro atoms. The molecule has 4 heteroatoms. The highest BCUT2D eigenvalue weighted by molar-refractivity contribution is 6.02. The first-order chi connectivity index (χ1) is 11.7. The average molecular weight is 350 g/mol. The second kappa shape index (κ2) is 7.51. The first-order valence-corrected chi connectivity index (χ1v) is 9.94. The summed E-state index contributed by atoms with van der Waals surface area (Å²) in [5, 5.41) is 9.71. The van der Waals surface area contributed by atoms with E-state index in [0.717, 1.165) is 51.4 Å². The van der Waals surface area contributed by atoms with E-state index in [9.17, 15) is 14.7 Å². The average Bonchev–Trinajstić information content (AvgIpc) is 2.99. The maximum atomic E-state index is 13.1. The third-order valence-electron chi connectivity index (χ3n) is 6.81. The van der Waals surface area contributed by atoms with Crippen molar-refractivity contribution in [3.8, 4) is 0 Å². The number of carboxylic acid groups (broad SMARTS) is 1. The number of carbonyl (C=O) groups is 2. The predicted molar refractivity (Wildman–Crippen MR) is 98.2 cm³/mol. The lowest BCUT2D eigenvalue weighted by atomic mass is 9.78. The van der Waals surface area contributed by atoms with Crippen LogP contribution in [0.2, 0.25) is 0 Å². The Morgan fingerprint density at radius 2 is 1.64 bits per heavy atom. The van der Waals surface area contributed by atoms with Gasteiger partial charge in [0.1, 0.15) is 5.60 Å². The van der Waals surface area contributed by atoms with Gasteiger partial charge in [-0.05, 0) is 55.8 Å². The Labute approximate surface area is 152 Å². The molecule has 0 aromatic rings. The molecule has 0 aliphatic heterocycles. The SMILES string of the molecule is CCCCCC(CC)(CC)OC(=O)C1=C(C(=O)O)C2CCC1C2(C)C. The molecule has 0 heterocycles. The molecule has 25 heavy (non-hydrogen) atoms. The summed E-state index contributed by atoms with van der Waals surface area (Å²) in [6.45, 7) is 10.5. The first-order valence-electron chi connectivity index (χ1n) is 9.94. The zero-order chi connectivity index (χ0) is 18.8. The van der Waals surface area contributed by atoms with E-state index in [4.69, 9.17) is 4.74 Å². The van der Waals surface area contributed by atoms with Gasteiger partial charge in [-0.3, -0.25) is 0 Å². The number of hydrogen-bond donors (Lipinski definition) is 1. The summed E-state index contributed by atoms with van der Waals surface area (Å²) >= 11 is 0. The topological polar surface area (TPSA) is 63.6 Å². The molecule has 0 radical (unpaired) electrons. The Balaban J connectivity index is 2.27. The maximum Gasteiger partial charge on any atom is 0.335 e. The minimum absolute atomic E-state index is 0.0122. The van der Waals surface area contributed by atoms with Crippen molar-refractivity contribution in [3.63, 3.8) is 0 Å². The van der Waals surface area contributed by atoms with Gasteiger partial charge in [0.25, 0.3) is 0 Å². The monoisotopic (exact) mass is 350 g/mol. The second-order valence-corrected chi connectivity index (χ2v) is 8.37. The summed E-state index contributed by atoms with van der Waals surface area (Å²) in [5.74, 6) is -1.34. The third-order valence-corrected chi connectivity index (χ3v) is 6.81. The largest absolute Gasteiger partial charge is 0.478 e. The fraction of sp³-hybridized carbons (Fsp3) is 0.810. The van der Waals surface area contributed by atoms with Crippen LogP contribution in [0.1, 0.15) is 86.0 Å². The van der Waals surface area contributed by atoms with Gasteiger partial charge < -0.3 is 9.84 Å². The van der Waals surface area contributed by atoms with Crippen molar-refractivity contribution in [1.29, 1.82) is 0 Å². The normalized spacial score (nSPS) is 24.7. The van der Waals surface area contributed by atoms with Gasteiger partial charge in [-0.25, -0.2) is 9.59 Å². The molecule has 2 unspecified atom stereocenters. The van der Waals surface area contributed by atoms with Gasteiger partial charge in [0.15, 0.2) is 0 Å². The van der Waals surface area contributed by atoms with Crippen LogP contribution in [0.5, 0.6) is 0 Å². The van der Waals surface area contributed by atoms with Crippen molar-refractivity contribution in [3.05, 3.63) is 11.1 Å². The maximum absolute atomic E-state index is 13.1. The predicted octanol–water partition coefficient (Wildman–Crippen LogP) is 5.12. The summed E-state index contributed by atoms with van der Waals surface area (Å²) in [6.07, 6.45) is 7.43. The number of rotatable bonds is 9. The zero-order valence-electron chi connectivity index (χ0n) is 16.5. The van der Waals surface area contributed by atoms with E-state index >= 15 is 0 Å². The highest BCUT2D eigenvalue weighted by Gasteiger charge is 2.57. The molecule has 1 N–H and O–H groups in total. The van der Waals surface area contributed by atoms with Crippen LogP contribution in [0.25, 0.3) is 0 Å². The molecule has 4 nitrogen and oxygen atoms in total. The smallest absolute Gasteiger partial charge is 0.335 e. The summed E-state index contributed by atoms with van der Waals surface area (Å²) in [7, 11) is 0.